The van der Waals surface area contributed by atoms with E-state index in [0.29, 0.717) is 6.04 Å². The summed E-state index contributed by atoms with van der Waals surface area (Å²) in [5, 5.41) is 0. The third kappa shape index (κ3) is 3.12. The molecule has 2 unspecified atom stereocenters. The van der Waals surface area contributed by atoms with E-state index in [-0.39, 0.29) is 6.04 Å². The van der Waals surface area contributed by atoms with Crippen LogP contribution in [-0.4, -0.2) is 24.5 Å². The van der Waals surface area contributed by atoms with Crippen LogP contribution in [0.5, 0.6) is 0 Å². The van der Waals surface area contributed by atoms with E-state index in [1.165, 1.54) is 29.5 Å². The van der Waals surface area contributed by atoms with Crippen molar-refractivity contribution in [2.75, 3.05) is 13.6 Å². The second kappa shape index (κ2) is 5.41. The molecule has 2 nitrogen and oxygen atoms in total. The molecule has 0 heterocycles. The van der Waals surface area contributed by atoms with Crippen LogP contribution < -0.4 is 5.73 Å². The highest BCUT2D eigenvalue weighted by molar-refractivity contribution is 5.33. The highest BCUT2D eigenvalue weighted by Crippen LogP contribution is 2.35. The van der Waals surface area contributed by atoms with E-state index < -0.39 is 0 Å². The monoisotopic (exact) mass is 246 g/mol. The highest BCUT2D eigenvalue weighted by atomic mass is 15.1. The molecular weight excluding hydrogens is 220 g/mol. The molecule has 1 aromatic rings. The third-order valence-corrected chi connectivity index (χ3v) is 4.32. The minimum absolute atomic E-state index is 0.121. The molecule has 1 saturated carbocycles. The summed E-state index contributed by atoms with van der Waals surface area (Å²) in [5.41, 5.74) is 10.3. The number of benzene rings is 1. The Balaban J connectivity index is 2.01. The molecule has 2 atom stereocenters. The van der Waals surface area contributed by atoms with Crippen molar-refractivity contribution in [2.45, 2.75) is 45.7 Å². The molecule has 1 aliphatic rings. The Kier molecular flexibility index (Phi) is 4.08. The van der Waals surface area contributed by atoms with E-state index in [2.05, 4.69) is 50.9 Å². The van der Waals surface area contributed by atoms with Crippen LogP contribution in [0.25, 0.3) is 0 Å². The molecule has 0 aromatic heterocycles. The second-order valence-corrected chi connectivity index (χ2v) is 5.98. The number of aryl methyl sites for hydroxylation is 2. The van der Waals surface area contributed by atoms with Crippen LogP contribution in [-0.2, 0) is 0 Å². The van der Waals surface area contributed by atoms with Crippen LogP contribution in [0.2, 0.25) is 0 Å². The zero-order valence-corrected chi connectivity index (χ0v) is 12.1. The number of hydrogen-bond donors (Lipinski definition) is 1. The van der Waals surface area contributed by atoms with Gasteiger partial charge in [-0.3, -0.25) is 0 Å². The molecule has 1 fully saturated rings. The molecule has 0 bridgehead atoms. The molecule has 0 aliphatic heterocycles. The van der Waals surface area contributed by atoms with Gasteiger partial charge >= 0.3 is 0 Å². The number of nitrogens with two attached hydrogens (primary N) is 1. The molecule has 0 saturated heterocycles. The minimum atomic E-state index is 0.121. The maximum atomic E-state index is 6.38. The zero-order chi connectivity index (χ0) is 13.3. The highest BCUT2D eigenvalue weighted by Gasteiger charge is 2.31. The summed E-state index contributed by atoms with van der Waals surface area (Å²) in [4.78, 5) is 2.42. The number of rotatable bonds is 5. The normalized spacial score (nSPS) is 19.0. The van der Waals surface area contributed by atoms with E-state index in [1.807, 2.05) is 0 Å². The lowest BCUT2D eigenvalue weighted by Crippen LogP contribution is -2.37. The van der Waals surface area contributed by atoms with Crippen LogP contribution in [0.15, 0.2) is 18.2 Å². The van der Waals surface area contributed by atoms with E-state index in [9.17, 15) is 0 Å². The predicted molar refractivity (Wildman–Crippen MR) is 77.7 cm³/mol. The maximum absolute atomic E-state index is 6.38. The summed E-state index contributed by atoms with van der Waals surface area (Å²) in [6.45, 7) is 7.56. The fourth-order valence-corrected chi connectivity index (χ4v) is 2.67. The first-order chi connectivity index (χ1) is 8.49. The predicted octanol–water partition coefficient (Wildman–Crippen LogP) is 3.03. The van der Waals surface area contributed by atoms with Gasteiger partial charge in [0.15, 0.2) is 0 Å². The first-order valence-corrected chi connectivity index (χ1v) is 7.02. The molecule has 1 aromatic carbocycles. The Hall–Kier alpha value is -0.860. The van der Waals surface area contributed by atoms with Gasteiger partial charge in [-0.1, -0.05) is 23.8 Å². The van der Waals surface area contributed by atoms with Gasteiger partial charge in [0, 0.05) is 18.6 Å². The van der Waals surface area contributed by atoms with E-state index in [0.717, 1.165) is 12.5 Å². The first-order valence-electron chi connectivity index (χ1n) is 7.02. The Morgan fingerprint density at radius 1 is 1.33 bits per heavy atom. The van der Waals surface area contributed by atoms with Gasteiger partial charge in [-0.2, -0.15) is 0 Å². The van der Waals surface area contributed by atoms with Crippen molar-refractivity contribution in [3.8, 4) is 0 Å². The van der Waals surface area contributed by atoms with Gasteiger partial charge in [-0.05, 0) is 57.7 Å². The quantitative estimate of drug-likeness (QED) is 0.865. The third-order valence-electron chi connectivity index (χ3n) is 4.32. The summed E-state index contributed by atoms with van der Waals surface area (Å²) < 4.78 is 0. The van der Waals surface area contributed by atoms with Crippen molar-refractivity contribution in [3.63, 3.8) is 0 Å². The van der Waals surface area contributed by atoms with Gasteiger partial charge in [-0.15, -0.1) is 0 Å². The minimum Gasteiger partial charge on any atom is -0.323 e. The molecule has 2 heteroatoms. The van der Waals surface area contributed by atoms with Crippen molar-refractivity contribution < 1.29 is 0 Å². The fourth-order valence-electron chi connectivity index (χ4n) is 2.67. The van der Waals surface area contributed by atoms with Gasteiger partial charge in [0.05, 0.1) is 0 Å². The number of hydrogen-bond acceptors (Lipinski definition) is 2. The van der Waals surface area contributed by atoms with Gasteiger partial charge in [0.25, 0.3) is 0 Å². The maximum Gasteiger partial charge on any atom is 0.0426 e. The topological polar surface area (TPSA) is 29.3 Å². The van der Waals surface area contributed by atoms with E-state index in [1.54, 1.807) is 0 Å². The van der Waals surface area contributed by atoms with Crippen LogP contribution in [0.1, 0.15) is 42.5 Å². The summed E-state index contributed by atoms with van der Waals surface area (Å²) in [6, 6.07) is 7.35. The van der Waals surface area contributed by atoms with Gasteiger partial charge in [-0.25, -0.2) is 0 Å². The molecule has 0 amide bonds. The van der Waals surface area contributed by atoms with Crippen molar-refractivity contribution in [1.82, 2.24) is 4.90 Å². The van der Waals surface area contributed by atoms with Crippen LogP contribution in [0, 0.1) is 19.8 Å². The lowest BCUT2D eigenvalue weighted by Gasteiger charge is -2.28. The SMILES string of the molecule is Cc1ccc(C)c(C(N)CN(C)C(C)C2CC2)c1. The van der Waals surface area contributed by atoms with Crippen molar-refractivity contribution in [3.05, 3.63) is 34.9 Å². The molecule has 2 rings (SSSR count). The summed E-state index contributed by atoms with van der Waals surface area (Å²) in [6.07, 6.45) is 2.79. The first kappa shape index (κ1) is 13.6. The second-order valence-electron chi connectivity index (χ2n) is 5.98. The number of nitrogens with zero attached hydrogens (tertiary/aromatic N) is 1. The Morgan fingerprint density at radius 3 is 2.61 bits per heavy atom. The van der Waals surface area contributed by atoms with Crippen molar-refractivity contribution in [2.24, 2.45) is 11.7 Å². The number of likely N-dealkylation sites (N-methyl/N-ethyl adjacent to an activating group) is 1. The van der Waals surface area contributed by atoms with E-state index >= 15 is 0 Å². The van der Waals surface area contributed by atoms with Crippen LogP contribution in [0.4, 0.5) is 0 Å². The smallest absolute Gasteiger partial charge is 0.0426 e. The molecule has 0 spiro atoms. The van der Waals surface area contributed by atoms with E-state index in [4.69, 9.17) is 5.73 Å². The van der Waals surface area contributed by atoms with Gasteiger partial charge < -0.3 is 10.6 Å². The average molecular weight is 246 g/mol. The Labute approximate surface area is 111 Å². The largest absolute Gasteiger partial charge is 0.323 e. The van der Waals surface area contributed by atoms with Crippen molar-refractivity contribution >= 4 is 0 Å². The molecule has 2 N–H and O–H groups in total. The molecule has 1 aliphatic carbocycles. The summed E-state index contributed by atoms with van der Waals surface area (Å²) >= 11 is 0. The average Bonchev–Trinajstić information content (AvgIpc) is 3.15. The summed E-state index contributed by atoms with van der Waals surface area (Å²) in [7, 11) is 2.20. The van der Waals surface area contributed by atoms with Crippen LogP contribution >= 0.6 is 0 Å². The lowest BCUT2D eigenvalue weighted by atomic mass is 9.98. The molecular formula is C16H26N2. The van der Waals surface area contributed by atoms with Crippen LogP contribution in [0.3, 0.4) is 0 Å². The Bertz CT molecular complexity index is 410. The molecule has 18 heavy (non-hydrogen) atoms. The standard InChI is InChI=1S/C16H26N2/c1-11-5-6-12(2)15(9-11)16(17)10-18(4)13(3)14-7-8-14/h5-6,9,13-14,16H,7-8,10,17H2,1-4H3. The molecule has 100 valence electrons. The fraction of sp³-hybridized carbons (Fsp3) is 0.625. The summed E-state index contributed by atoms with van der Waals surface area (Å²) in [5.74, 6) is 0.904. The molecule has 0 radical (unpaired) electrons. The van der Waals surface area contributed by atoms with Gasteiger partial charge in [0.2, 0.25) is 0 Å². The van der Waals surface area contributed by atoms with Gasteiger partial charge in [0.1, 0.15) is 0 Å². The lowest BCUT2D eigenvalue weighted by molar-refractivity contribution is 0.221. The Morgan fingerprint density at radius 2 is 2.00 bits per heavy atom. The van der Waals surface area contributed by atoms with Crippen molar-refractivity contribution in [1.29, 1.82) is 0 Å². The zero-order valence-electron chi connectivity index (χ0n) is 12.1.